The topological polar surface area (TPSA) is 109 Å². The fraction of sp³-hybridized carbons (Fsp3) is 0.655. The Bertz CT molecular complexity index is 1310. The van der Waals surface area contributed by atoms with Gasteiger partial charge in [-0.1, -0.05) is 32.4 Å². The average molecular weight is 610 g/mol. The second-order valence-corrected chi connectivity index (χ2v) is 15.6. The number of morpholine rings is 1. The van der Waals surface area contributed by atoms with Crippen LogP contribution < -0.4 is 5.32 Å². The average Bonchev–Trinajstić information content (AvgIpc) is 3.30. The Hall–Kier alpha value is -1.56. The van der Waals surface area contributed by atoms with Crippen molar-refractivity contribution in [2.75, 3.05) is 39.4 Å². The standard InChI is InChI=1S/C29H40ClN3O5S2/c1-18(28(35)31-10-11-33-12-14-38-15-13-33)22-8-9-29(3)16-23-26(19(2)25(29)27(22)34)32-24(39-23)17-40(36,37)21-6-4-20(30)5-7-21/h4-7,18-19,22,25,27,34H,8-17H2,1-3H3,(H,31,35)/t18-,19-,22+,25+,27-,29-/m0/s1. The van der Waals surface area contributed by atoms with Gasteiger partial charge in [0.15, 0.2) is 9.84 Å². The van der Waals surface area contributed by atoms with Crippen molar-refractivity contribution in [2.45, 2.75) is 62.7 Å². The van der Waals surface area contributed by atoms with Crippen molar-refractivity contribution in [1.82, 2.24) is 15.2 Å². The first-order valence-electron chi connectivity index (χ1n) is 14.2. The van der Waals surface area contributed by atoms with Gasteiger partial charge in [0, 0.05) is 47.9 Å². The largest absolute Gasteiger partial charge is 0.392 e. The number of halogens is 1. The third-order valence-electron chi connectivity index (χ3n) is 9.34. The van der Waals surface area contributed by atoms with Crippen molar-refractivity contribution in [2.24, 2.45) is 23.2 Å². The molecule has 2 fully saturated rings. The van der Waals surface area contributed by atoms with Gasteiger partial charge in [0.25, 0.3) is 0 Å². The fourth-order valence-corrected chi connectivity index (χ4v) is 10.2. The maximum atomic E-state index is 13.1. The number of thiazole rings is 1. The minimum atomic E-state index is -3.56. The highest BCUT2D eigenvalue weighted by Gasteiger charge is 2.53. The van der Waals surface area contributed by atoms with E-state index in [9.17, 15) is 18.3 Å². The summed E-state index contributed by atoms with van der Waals surface area (Å²) in [6.45, 7) is 10.9. The maximum Gasteiger partial charge on any atom is 0.223 e. The van der Waals surface area contributed by atoms with Gasteiger partial charge in [0.1, 0.15) is 10.8 Å². The Labute approximate surface area is 246 Å². The first-order valence-corrected chi connectivity index (χ1v) is 17.1. The molecule has 2 aliphatic carbocycles. The summed E-state index contributed by atoms with van der Waals surface area (Å²) < 4.78 is 31.5. The molecular weight excluding hydrogens is 570 g/mol. The van der Waals surface area contributed by atoms with Crippen molar-refractivity contribution >= 4 is 38.7 Å². The highest BCUT2D eigenvalue weighted by Crippen LogP contribution is 2.57. The molecule has 0 spiro atoms. The lowest BCUT2D eigenvalue weighted by molar-refractivity contribution is -0.134. The number of carbonyl (C=O) groups excluding carboxylic acids is 1. The van der Waals surface area contributed by atoms with Crippen molar-refractivity contribution in [1.29, 1.82) is 0 Å². The van der Waals surface area contributed by atoms with Crippen LogP contribution in [0.15, 0.2) is 29.2 Å². The van der Waals surface area contributed by atoms with E-state index in [1.807, 2.05) is 6.92 Å². The lowest BCUT2D eigenvalue weighted by Crippen LogP contribution is -2.53. The van der Waals surface area contributed by atoms with Crippen LogP contribution in [0.3, 0.4) is 0 Å². The molecule has 11 heteroatoms. The van der Waals surface area contributed by atoms with Crippen LogP contribution in [0.1, 0.15) is 55.1 Å². The number of sulfone groups is 1. The van der Waals surface area contributed by atoms with E-state index >= 15 is 0 Å². The molecule has 1 saturated heterocycles. The van der Waals surface area contributed by atoms with E-state index in [0.29, 0.717) is 16.6 Å². The fourth-order valence-electron chi connectivity index (χ4n) is 7.06. The van der Waals surface area contributed by atoms with Crippen molar-refractivity contribution < 1.29 is 23.1 Å². The second kappa shape index (κ2) is 12.0. The molecule has 40 heavy (non-hydrogen) atoms. The van der Waals surface area contributed by atoms with Crippen LogP contribution in [0.4, 0.5) is 0 Å². The molecule has 1 saturated carbocycles. The lowest BCUT2D eigenvalue weighted by atomic mass is 9.53. The number of hydrogen-bond acceptors (Lipinski definition) is 8. The third kappa shape index (κ3) is 6.13. The van der Waals surface area contributed by atoms with Gasteiger partial charge in [0.05, 0.1) is 29.9 Å². The number of nitrogens with zero attached hydrogens (tertiary/aromatic N) is 2. The van der Waals surface area contributed by atoms with E-state index in [1.54, 1.807) is 12.1 Å². The number of fused-ring (bicyclic) bond motifs is 2. The molecule has 1 aliphatic heterocycles. The summed E-state index contributed by atoms with van der Waals surface area (Å²) >= 11 is 7.41. The number of carbonyl (C=O) groups is 1. The maximum absolute atomic E-state index is 13.1. The molecule has 8 nitrogen and oxygen atoms in total. The van der Waals surface area contributed by atoms with Gasteiger partial charge in [-0.3, -0.25) is 9.69 Å². The number of aliphatic hydroxyl groups is 1. The summed E-state index contributed by atoms with van der Waals surface area (Å²) in [5, 5.41) is 15.9. The van der Waals surface area contributed by atoms with E-state index in [2.05, 4.69) is 24.1 Å². The Balaban J connectivity index is 1.26. The van der Waals surface area contributed by atoms with Gasteiger partial charge in [0.2, 0.25) is 5.91 Å². The summed E-state index contributed by atoms with van der Waals surface area (Å²) in [6, 6.07) is 6.22. The summed E-state index contributed by atoms with van der Waals surface area (Å²) in [5.41, 5.74) is 0.768. The molecule has 1 aromatic heterocycles. The number of aromatic nitrogens is 1. The van der Waals surface area contributed by atoms with Crippen LogP contribution in [0, 0.1) is 23.2 Å². The Morgan fingerprint density at radius 3 is 2.70 bits per heavy atom. The second-order valence-electron chi connectivity index (χ2n) is 12.0. The molecule has 2 N–H and O–H groups in total. The highest BCUT2D eigenvalue weighted by atomic mass is 35.5. The highest BCUT2D eigenvalue weighted by molar-refractivity contribution is 7.90. The molecule has 6 atom stereocenters. The lowest BCUT2D eigenvalue weighted by Gasteiger charge is -2.53. The SMILES string of the molecule is C[C@H](C(=O)NCCN1CCOCC1)[C@H]1CC[C@@]2(C)Cc3sc(CS(=O)(=O)c4ccc(Cl)cc4)nc3[C@@H](C)[C@@H]2[C@H]1O. The number of aliphatic hydroxyl groups excluding tert-OH is 1. The number of nitrogens with one attached hydrogen (secondary N) is 1. The van der Waals surface area contributed by atoms with Crippen LogP contribution in [0.5, 0.6) is 0 Å². The minimum Gasteiger partial charge on any atom is -0.392 e. The van der Waals surface area contributed by atoms with Gasteiger partial charge in [-0.05, 0) is 60.8 Å². The molecule has 1 aromatic carbocycles. The molecule has 220 valence electrons. The number of amides is 1. The molecule has 2 aromatic rings. The predicted molar refractivity (Wildman–Crippen MR) is 156 cm³/mol. The quantitative estimate of drug-likeness (QED) is 0.467. The van der Waals surface area contributed by atoms with Crippen LogP contribution in [-0.4, -0.2) is 74.8 Å². The van der Waals surface area contributed by atoms with Crippen molar-refractivity contribution in [3.63, 3.8) is 0 Å². The van der Waals surface area contributed by atoms with Gasteiger partial charge in [-0.25, -0.2) is 13.4 Å². The summed E-state index contributed by atoms with van der Waals surface area (Å²) in [7, 11) is -3.56. The Morgan fingerprint density at radius 1 is 1.30 bits per heavy atom. The van der Waals surface area contributed by atoms with Crippen LogP contribution in [0.25, 0.3) is 0 Å². The molecule has 0 bridgehead atoms. The van der Waals surface area contributed by atoms with Gasteiger partial charge in [-0.15, -0.1) is 11.3 Å². The van der Waals surface area contributed by atoms with E-state index in [-0.39, 0.29) is 45.6 Å². The zero-order chi connectivity index (χ0) is 28.7. The molecule has 0 radical (unpaired) electrons. The van der Waals surface area contributed by atoms with Crippen molar-refractivity contribution in [3.8, 4) is 0 Å². The van der Waals surface area contributed by atoms with E-state index in [4.69, 9.17) is 21.3 Å². The normalized spacial score (nSPS) is 29.8. The van der Waals surface area contributed by atoms with E-state index in [0.717, 1.165) is 62.7 Å². The molecular formula is C29H40ClN3O5S2. The van der Waals surface area contributed by atoms with Gasteiger partial charge < -0.3 is 15.2 Å². The summed E-state index contributed by atoms with van der Waals surface area (Å²) in [5.74, 6) is -0.681. The first kappa shape index (κ1) is 29.9. The van der Waals surface area contributed by atoms with E-state index < -0.39 is 15.9 Å². The van der Waals surface area contributed by atoms with Gasteiger partial charge in [-0.2, -0.15) is 0 Å². The molecule has 2 heterocycles. The number of rotatable bonds is 8. The van der Waals surface area contributed by atoms with Crippen LogP contribution in [-0.2, 0) is 31.5 Å². The predicted octanol–water partition coefficient (Wildman–Crippen LogP) is 3.91. The first-order chi connectivity index (χ1) is 19.0. The zero-order valence-electron chi connectivity index (χ0n) is 23.4. The minimum absolute atomic E-state index is 0.00610. The Kier molecular flexibility index (Phi) is 8.95. The molecule has 0 unspecified atom stereocenters. The van der Waals surface area contributed by atoms with Crippen LogP contribution >= 0.6 is 22.9 Å². The van der Waals surface area contributed by atoms with Crippen molar-refractivity contribution in [3.05, 3.63) is 44.9 Å². The number of ether oxygens (including phenoxy) is 1. The summed E-state index contributed by atoms with van der Waals surface area (Å²) in [6.07, 6.45) is 1.82. The number of benzene rings is 1. The Morgan fingerprint density at radius 2 is 2.00 bits per heavy atom. The van der Waals surface area contributed by atoms with Gasteiger partial charge >= 0.3 is 0 Å². The smallest absolute Gasteiger partial charge is 0.223 e. The molecule has 3 aliphatic rings. The number of hydrogen-bond donors (Lipinski definition) is 2. The molecule has 5 rings (SSSR count). The summed E-state index contributed by atoms with van der Waals surface area (Å²) in [4.78, 5) is 21.5. The monoisotopic (exact) mass is 609 g/mol. The third-order valence-corrected chi connectivity index (χ3v) is 12.5. The van der Waals surface area contributed by atoms with Crippen LogP contribution in [0.2, 0.25) is 5.02 Å². The van der Waals surface area contributed by atoms with E-state index in [1.165, 1.54) is 23.5 Å². The zero-order valence-corrected chi connectivity index (χ0v) is 25.8. The molecule has 1 amide bonds.